The number of ether oxygens (including phenoxy) is 6. The fourth-order valence-corrected chi connectivity index (χ4v) is 5.85. The summed E-state index contributed by atoms with van der Waals surface area (Å²) >= 11 is 0. The van der Waals surface area contributed by atoms with Gasteiger partial charge in [0.2, 0.25) is 11.8 Å². The fourth-order valence-electron chi connectivity index (χ4n) is 5.85. The molecular formula is C28H50N2O21. The highest BCUT2D eigenvalue weighted by Crippen LogP contribution is 2.30. The highest BCUT2D eigenvalue weighted by atomic mass is 16.7. The number of rotatable bonds is 16. The lowest BCUT2D eigenvalue weighted by Gasteiger charge is -2.47. The molecule has 15 N–H and O–H groups in total. The molecule has 0 radical (unpaired) electrons. The van der Waals surface area contributed by atoms with Gasteiger partial charge in [-0.1, -0.05) is 0 Å². The molecule has 3 aliphatic heterocycles. The second kappa shape index (κ2) is 19.5. The van der Waals surface area contributed by atoms with Crippen molar-refractivity contribution >= 4 is 11.8 Å². The number of nitrogens with one attached hydrogen (secondary N) is 2. The molecule has 0 unspecified atom stereocenters. The Balaban J connectivity index is 1.79. The number of aliphatic hydroxyl groups is 13. The molecule has 2 amide bonds. The number of amides is 2. The van der Waals surface area contributed by atoms with Crippen LogP contribution in [0.1, 0.15) is 13.8 Å². The molecule has 3 rings (SSSR count). The number of aliphatic hydroxyl groups excluding tert-OH is 13. The second-order valence-electron chi connectivity index (χ2n) is 12.4. The average molecular weight is 751 g/mol. The molecule has 0 spiro atoms. The Kier molecular flexibility index (Phi) is 16.7. The van der Waals surface area contributed by atoms with Crippen molar-refractivity contribution in [3.8, 4) is 0 Å². The van der Waals surface area contributed by atoms with Gasteiger partial charge in [0.25, 0.3) is 0 Å². The van der Waals surface area contributed by atoms with Gasteiger partial charge < -0.3 is 105 Å². The Labute approximate surface area is 290 Å². The Hall–Kier alpha value is -1.82. The van der Waals surface area contributed by atoms with Gasteiger partial charge in [-0.15, -0.1) is 0 Å². The van der Waals surface area contributed by atoms with Crippen LogP contribution in [-0.2, 0) is 38.0 Å². The summed E-state index contributed by atoms with van der Waals surface area (Å²) in [6.45, 7) is -2.22. The maximum Gasteiger partial charge on any atom is 0.217 e. The molecule has 51 heavy (non-hydrogen) atoms. The minimum atomic E-state index is -2.12. The highest BCUT2D eigenvalue weighted by Gasteiger charge is 2.52. The van der Waals surface area contributed by atoms with E-state index in [4.69, 9.17) is 28.4 Å². The zero-order chi connectivity index (χ0) is 38.3. The molecule has 298 valence electrons. The smallest absolute Gasteiger partial charge is 0.217 e. The van der Waals surface area contributed by atoms with Crippen molar-refractivity contribution in [2.45, 2.75) is 130 Å². The van der Waals surface area contributed by atoms with Crippen LogP contribution in [0.3, 0.4) is 0 Å². The molecule has 0 bridgehead atoms. The monoisotopic (exact) mass is 750 g/mol. The van der Waals surface area contributed by atoms with Gasteiger partial charge in [-0.25, -0.2) is 0 Å². The zero-order valence-corrected chi connectivity index (χ0v) is 27.6. The highest BCUT2D eigenvalue weighted by molar-refractivity contribution is 5.73. The van der Waals surface area contributed by atoms with Crippen LogP contribution in [0.25, 0.3) is 0 Å². The molecule has 0 saturated carbocycles. The molecule has 19 atom stereocenters. The molecule has 3 saturated heterocycles. The molecule has 3 heterocycles. The first kappa shape index (κ1) is 43.6. The minimum Gasteiger partial charge on any atom is -0.394 e. The van der Waals surface area contributed by atoms with Crippen molar-refractivity contribution < 1.29 is 104 Å². The normalized spacial score (nSPS) is 41.3. The maximum absolute atomic E-state index is 12.1. The minimum absolute atomic E-state index is 0.729. The molecule has 23 nitrogen and oxygen atoms in total. The van der Waals surface area contributed by atoms with Crippen molar-refractivity contribution in [3.05, 3.63) is 0 Å². The first-order valence-corrected chi connectivity index (χ1v) is 16.0. The van der Waals surface area contributed by atoms with Gasteiger partial charge in [-0.3, -0.25) is 9.59 Å². The quantitative estimate of drug-likeness (QED) is 0.0696. The number of hydrogen-bond donors (Lipinski definition) is 15. The second-order valence-corrected chi connectivity index (χ2v) is 12.4. The fraction of sp³-hybridized carbons (Fsp3) is 0.929. The van der Waals surface area contributed by atoms with Crippen molar-refractivity contribution in [1.82, 2.24) is 10.6 Å². The summed E-state index contributed by atoms with van der Waals surface area (Å²) in [5, 5.41) is 138. The van der Waals surface area contributed by atoms with Crippen LogP contribution in [0.2, 0.25) is 0 Å². The van der Waals surface area contributed by atoms with Gasteiger partial charge in [-0.05, 0) is 0 Å². The van der Waals surface area contributed by atoms with E-state index in [-0.39, 0.29) is 0 Å². The van der Waals surface area contributed by atoms with Crippen molar-refractivity contribution in [2.75, 3.05) is 33.0 Å². The summed E-state index contributed by atoms with van der Waals surface area (Å²) < 4.78 is 33.0. The predicted octanol–water partition coefficient (Wildman–Crippen LogP) is -9.83. The van der Waals surface area contributed by atoms with E-state index in [0.717, 1.165) is 13.8 Å². The Morgan fingerprint density at radius 1 is 0.667 bits per heavy atom. The van der Waals surface area contributed by atoms with Crippen LogP contribution < -0.4 is 10.6 Å². The van der Waals surface area contributed by atoms with E-state index in [2.05, 4.69) is 10.6 Å². The Morgan fingerprint density at radius 3 is 1.67 bits per heavy atom. The summed E-state index contributed by atoms with van der Waals surface area (Å²) in [5.41, 5.74) is 0. The van der Waals surface area contributed by atoms with Crippen LogP contribution in [0.15, 0.2) is 0 Å². The van der Waals surface area contributed by atoms with Crippen LogP contribution in [0.4, 0.5) is 0 Å². The summed E-state index contributed by atoms with van der Waals surface area (Å²) in [4.78, 5) is 23.9. The van der Waals surface area contributed by atoms with Gasteiger partial charge in [0.15, 0.2) is 18.9 Å². The average Bonchev–Trinajstić information content (AvgIpc) is 3.09. The molecule has 3 fully saturated rings. The van der Waals surface area contributed by atoms with E-state index in [9.17, 15) is 76.0 Å². The lowest BCUT2D eigenvalue weighted by molar-refractivity contribution is -0.349. The standard InChI is InChI=1S/C28H50N2O21/c1-8(35)29-10(3-31)24(50-27-22(44)20(42)17(39)12(4-32)47-27)16(38)11(37)7-46-26-15(30-9(2)36)19(41)25(14(6-34)49-26)51-28-23(45)21(43)18(40)13(5-33)48-28/h10-28,31-34,37-45H,3-7H2,1-2H3,(H,29,35)(H,30,36)/t10-,11+,12+,13+,14+,15+,16-,17-,18-,19+,20-,21-,22+,23+,24+,25-,26+,27-,28-/m0/s1. The SMILES string of the molecule is CC(=O)N[C@H]1[C@H](OC[C@@H](O)[C@H](O)[C@H](O[C@@H]2O[C@H](CO)[C@H](O)[C@H](O)[C@H]2O)[C@H](CO)NC(C)=O)O[C@H](CO)[C@H](O[C@@H]2O[C@H](CO)[C@H](O)[C@H](O)[C@H]2O)[C@@H]1O. The van der Waals surface area contributed by atoms with Gasteiger partial charge in [0.05, 0.1) is 39.1 Å². The zero-order valence-electron chi connectivity index (χ0n) is 27.6. The summed E-state index contributed by atoms with van der Waals surface area (Å²) in [6.07, 6.45) is -30.3. The van der Waals surface area contributed by atoms with Crippen molar-refractivity contribution in [3.63, 3.8) is 0 Å². The molecule has 0 aromatic rings. The summed E-state index contributed by atoms with van der Waals surface area (Å²) in [5.74, 6) is -1.47. The summed E-state index contributed by atoms with van der Waals surface area (Å²) in [7, 11) is 0. The molecule has 23 heteroatoms. The van der Waals surface area contributed by atoms with E-state index in [1.54, 1.807) is 0 Å². The summed E-state index contributed by atoms with van der Waals surface area (Å²) in [6, 6.07) is -3.05. The number of carbonyl (C=O) groups excluding carboxylic acids is 2. The molecule has 0 aliphatic carbocycles. The van der Waals surface area contributed by atoms with Crippen LogP contribution in [0.5, 0.6) is 0 Å². The van der Waals surface area contributed by atoms with Gasteiger partial charge in [-0.2, -0.15) is 0 Å². The topological polar surface area (TPSA) is 377 Å². The van der Waals surface area contributed by atoms with Crippen LogP contribution in [-0.4, -0.2) is 228 Å². The molecule has 0 aromatic heterocycles. The largest absolute Gasteiger partial charge is 0.394 e. The lowest BCUT2D eigenvalue weighted by Crippen LogP contribution is -2.67. The lowest BCUT2D eigenvalue weighted by atomic mass is 9.95. The third kappa shape index (κ3) is 10.4. The van der Waals surface area contributed by atoms with E-state index < -0.39 is 161 Å². The van der Waals surface area contributed by atoms with Crippen molar-refractivity contribution in [1.29, 1.82) is 0 Å². The van der Waals surface area contributed by atoms with Crippen LogP contribution in [0, 0.1) is 0 Å². The molecular weight excluding hydrogens is 700 g/mol. The van der Waals surface area contributed by atoms with Gasteiger partial charge >= 0.3 is 0 Å². The van der Waals surface area contributed by atoms with Crippen LogP contribution >= 0.6 is 0 Å². The Bertz CT molecular complexity index is 1090. The predicted molar refractivity (Wildman–Crippen MR) is 159 cm³/mol. The van der Waals surface area contributed by atoms with Gasteiger partial charge in [0.1, 0.15) is 91.5 Å². The van der Waals surface area contributed by atoms with E-state index >= 15 is 0 Å². The molecule has 3 aliphatic rings. The van der Waals surface area contributed by atoms with E-state index in [1.807, 2.05) is 0 Å². The first-order valence-electron chi connectivity index (χ1n) is 16.0. The third-order valence-electron chi connectivity index (χ3n) is 8.65. The van der Waals surface area contributed by atoms with E-state index in [1.165, 1.54) is 0 Å². The molecule has 0 aromatic carbocycles. The third-order valence-corrected chi connectivity index (χ3v) is 8.65. The maximum atomic E-state index is 12.1. The number of hydrogen-bond acceptors (Lipinski definition) is 21. The Morgan fingerprint density at radius 2 is 1.18 bits per heavy atom. The van der Waals surface area contributed by atoms with Crippen molar-refractivity contribution in [2.24, 2.45) is 0 Å². The number of carbonyl (C=O) groups is 2. The van der Waals surface area contributed by atoms with E-state index in [0.29, 0.717) is 0 Å². The first-order chi connectivity index (χ1) is 24.0. The van der Waals surface area contributed by atoms with Gasteiger partial charge in [0, 0.05) is 13.8 Å².